The highest BCUT2D eigenvalue weighted by Crippen LogP contribution is 2.30. The standard InChI is InChI=1S/C12H18N4O2S3/c1-13-10-11(16-5-6-20-12(16)14-10)21(17,18)15-8-3-4-9(7-8)19-2/h5-6,8-9,13,15H,3-4,7H2,1-2H3. The van der Waals surface area contributed by atoms with Gasteiger partial charge in [-0.1, -0.05) is 0 Å². The van der Waals surface area contributed by atoms with Gasteiger partial charge in [-0.25, -0.2) is 18.1 Å². The molecular formula is C12H18N4O2S3. The SMILES string of the molecule is CNc1nc2sccn2c1S(=O)(=O)NC1CCC(SC)C1. The molecule has 1 aliphatic rings. The van der Waals surface area contributed by atoms with E-state index in [0.29, 0.717) is 16.0 Å². The van der Waals surface area contributed by atoms with Gasteiger partial charge in [0, 0.05) is 29.9 Å². The third kappa shape index (κ3) is 2.79. The first-order valence-electron chi connectivity index (χ1n) is 6.73. The minimum Gasteiger partial charge on any atom is -0.371 e. The number of sulfonamides is 1. The molecule has 2 aromatic rings. The number of hydrogen-bond donors (Lipinski definition) is 2. The van der Waals surface area contributed by atoms with Gasteiger partial charge in [-0.2, -0.15) is 11.8 Å². The van der Waals surface area contributed by atoms with Crippen LogP contribution in [0.4, 0.5) is 5.82 Å². The molecule has 21 heavy (non-hydrogen) atoms. The Morgan fingerprint density at radius 1 is 1.48 bits per heavy atom. The molecule has 1 aliphatic carbocycles. The molecule has 1 fully saturated rings. The zero-order valence-electron chi connectivity index (χ0n) is 11.9. The van der Waals surface area contributed by atoms with Crippen LogP contribution in [-0.4, -0.2) is 42.4 Å². The first-order chi connectivity index (χ1) is 10.0. The molecule has 0 aromatic carbocycles. The molecule has 0 spiro atoms. The molecule has 0 radical (unpaired) electrons. The molecule has 1 saturated carbocycles. The molecule has 6 nitrogen and oxygen atoms in total. The van der Waals surface area contributed by atoms with Crippen LogP contribution in [-0.2, 0) is 10.0 Å². The summed E-state index contributed by atoms with van der Waals surface area (Å²) in [5.74, 6) is 0.397. The van der Waals surface area contributed by atoms with Crippen LogP contribution in [0.3, 0.4) is 0 Å². The lowest BCUT2D eigenvalue weighted by Crippen LogP contribution is -2.34. The van der Waals surface area contributed by atoms with E-state index in [1.54, 1.807) is 17.6 Å². The van der Waals surface area contributed by atoms with E-state index in [1.165, 1.54) is 11.3 Å². The molecule has 2 aromatic heterocycles. The second-order valence-electron chi connectivity index (χ2n) is 5.06. The molecule has 116 valence electrons. The Bertz CT molecular complexity index is 737. The summed E-state index contributed by atoms with van der Waals surface area (Å²) in [6, 6.07) is 0.0151. The Balaban J connectivity index is 1.91. The van der Waals surface area contributed by atoms with E-state index in [1.807, 2.05) is 17.1 Å². The highest BCUT2D eigenvalue weighted by atomic mass is 32.2. The highest BCUT2D eigenvalue weighted by Gasteiger charge is 2.31. The van der Waals surface area contributed by atoms with Gasteiger partial charge in [0.15, 0.2) is 15.8 Å². The van der Waals surface area contributed by atoms with Crippen molar-refractivity contribution in [3.63, 3.8) is 0 Å². The normalized spacial score (nSPS) is 23.0. The third-order valence-corrected chi connectivity index (χ3v) is 7.14. The van der Waals surface area contributed by atoms with Crippen molar-refractivity contribution < 1.29 is 8.42 Å². The number of nitrogens with one attached hydrogen (secondary N) is 2. The van der Waals surface area contributed by atoms with Crippen LogP contribution in [0.15, 0.2) is 16.6 Å². The smallest absolute Gasteiger partial charge is 0.260 e. The van der Waals surface area contributed by atoms with E-state index in [2.05, 4.69) is 21.3 Å². The number of aromatic nitrogens is 2. The van der Waals surface area contributed by atoms with Crippen LogP contribution in [0.5, 0.6) is 0 Å². The lowest BCUT2D eigenvalue weighted by molar-refractivity contribution is 0.549. The van der Waals surface area contributed by atoms with Gasteiger partial charge < -0.3 is 5.32 Å². The molecule has 0 aliphatic heterocycles. The molecule has 3 rings (SSSR count). The average molecular weight is 347 g/mol. The Morgan fingerprint density at radius 2 is 2.29 bits per heavy atom. The lowest BCUT2D eigenvalue weighted by atomic mass is 10.3. The second kappa shape index (κ2) is 5.79. The Labute approximate surface area is 132 Å². The Hall–Kier alpha value is -0.770. The van der Waals surface area contributed by atoms with Gasteiger partial charge in [0.2, 0.25) is 0 Å². The minimum absolute atomic E-state index is 0.0151. The lowest BCUT2D eigenvalue weighted by Gasteiger charge is -2.13. The van der Waals surface area contributed by atoms with E-state index in [4.69, 9.17) is 0 Å². The van der Waals surface area contributed by atoms with E-state index in [9.17, 15) is 8.42 Å². The first kappa shape index (κ1) is 15.1. The average Bonchev–Trinajstić information content (AvgIpc) is 3.11. The number of imidazole rings is 1. The van der Waals surface area contributed by atoms with Gasteiger partial charge in [0.1, 0.15) is 0 Å². The van der Waals surface area contributed by atoms with Crippen molar-refractivity contribution in [2.45, 2.75) is 35.6 Å². The van der Waals surface area contributed by atoms with E-state index in [-0.39, 0.29) is 11.1 Å². The predicted molar refractivity (Wildman–Crippen MR) is 87.9 cm³/mol. The van der Waals surface area contributed by atoms with Crippen molar-refractivity contribution in [2.75, 3.05) is 18.6 Å². The van der Waals surface area contributed by atoms with Crippen molar-refractivity contribution in [3.05, 3.63) is 11.6 Å². The van der Waals surface area contributed by atoms with Crippen molar-refractivity contribution in [2.24, 2.45) is 0 Å². The number of fused-ring (bicyclic) bond motifs is 1. The van der Waals surface area contributed by atoms with E-state index < -0.39 is 10.0 Å². The number of anilines is 1. The van der Waals surface area contributed by atoms with Gasteiger partial charge in [-0.3, -0.25) is 4.40 Å². The number of nitrogens with zero attached hydrogens (tertiary/aromatic N) is 2. The first-order valence-corrected chi connectivity index (χ1v) is 10.4. The maximum atomic E-state index is 12.7. The van der Waals surface area contributed by atoms with Crippen LogP contribution in [0.1, 0.15) is 19.3 Å². The summed E-state index contributed by atoms with van der Waals surface area (Å²) in [6.45, 7) is 0. The summed E-state index contributed by atoms with van der Waals surface area (Å²) >= 11 is 3.23. The van der Waals surface area contributed by atoms with Gasteiger partial charge in [-0.05, 0) is 25.5 Å². The van der Waals surface area contributed by atoms with Crippen LogP contribution < -0.4 is 10.0 Å². The fourth-order valence-corrected chi connectivity index (χ4v) is 5.86. The number of rotatable bonds is 5. The summed E-state index contributed by atoms with van der Waals surface area (Å²) in [5.41, 5.74) is 0. The van der Waals surface area contributed by atoms with Crippen molar-refractivity contribution in [3.8, 4) is 0 Å². The zero-order valence-corrected chi connectivity index (χ0v) is 14.3. The van der Waals surface area contributed by atoms with Crippen molar-refractivity contribution in [1.29, 1.82) is 0 Å². The molecule has 2 heterocycles. The summed E-state index contributed by atoms with van der Waals surface area (Å²) in [5, 5.41) is 5.46. The molecule has 0 bridgehead atoms. The van der Waals surface area contributed by atoms with Crippen molar-refractivity contribution in [1.82, 2.24) is 14.1 Å². The van der Waals surface area contributed by atoms with Crippen LogP contribution in [0.2, 0.25) is 0 Å². The van der Waals surface area contributed by atoms with Gasteiger partial charge in [0.05, 0.1) is 0 Å². The molecule has 9 heteroatoms. The minimum atomic E-state index is -3.59. The number of thiazole rings is 1. The summed E-state index contributed by atoms with van der Waals surface area (Å²) in [6.07, 6.45) is 6.66. The van der Waals surface area contributed by atoms with Crippen LogP contribution in [0.25, 0.3) is 4.96 Å². The van der Waals surface area contributed by atoms with Gasteiger partial charge >= 0.3 is 0 Å². The predicted octanol–water partition coefficient (Wildman–Crippen LogP) is 2.00. The zero-order chi connectivity index (χ0) is 15.0. The largest absolute Gasteiger partial charge is 0.371 e. The van der Waals surface area contributed by atoms with Crippen molar-refractivity contribution >= 4 is 43.9 Å². The maximum Gasteiger partial charge on any atom is 0.260 e. The van der Waals surface area contributed by atoms with Crippen LogP contribution >= 0.6 is 23.1 Å². The fraction of sp³-hybridized carbons (Fsp3) is 0.583. The molecular weight excluding hydrogens is 328 g/mol. The molecule has 0 amide bonds. The third-order valence-electron chi connectivity index (χ3n) is 3.75. The Kier molecular flexibility index (Phi) is 4.17. The number of thioether (sulfide) groups is 1. The molecule has 2 unspecified atom stereocenters. The topological polar surface area (TPSA) is 75.5 Å². The second-order valence-corrected chi connectivity index (χ2v) is 8.70. The molecule has 2 N–H and O–H groups in total. The maximum absolute atomic E-state index is 12.7. The molecule has 0 saturated heterocycles. The quantitative estimate of drug-likeness (QED) is 0.866. The number of hydrogen-bond acceptors (Lipinski definition) is 6. The van der Waals surface area contributed by atoms with Gasteiger partial charge in [0.25, 0.3) is 10.0 Å². The fourth-order valence-electron chi connectivity index (χ4n) is 2.72. The summed E-state index contributed by atoms with van der Waals surface area (Å²) in [7, 11) is -1.90. The van der Waals surface area contributed by atoms with E-state index >= 15 is 0 Å². The monoisotopic (exact) mass is 346 g/mol. The molecule has 2 atom stereocenters. The highest BCUT2D eigenvalue weighted by molar-refractivity contribution is 7.99. The van der Waals surface area contributed by atoms with Gasteiger partial charge in [-0.15, -0.1) is 11.3 Å². The summed E-state index contributed by atoms with van der Waals surface area (Å²) < 4.78 is 29.9. The Morgan fingerprint density at radius 3 is 2.95 bits per heavy atom. The van der Waals surface area contributed by atoms with E-state index in [0.717, 1.165) is 19.3 Å². The summed E-state index contributed by atoms with van der Waals surface area (Å²) in [4.78, 5) is 4.98. The van der Waals surface area contributed by atoms with Crippen LogP contribution in [0, 0.1) is 0 Å².